The van der Waals surface area contributed by atoms with Crippen molar-refractivity contribution in [2.24, 2.45) is 0 Å². The van der Waals surface area contributed by atoms with Crippen LogP contribution >= 0.6 is 27.5 Å². The van der Waals surface area contributed by atoms with Gasteiger partial charge in [-0.3, -0.25) is 0 Å². The molecule has 0 aliphatic rings. The monoisotopic (exact) mass is 220 g/mol. The van der Waals surface area contributed by atoms with E-state index in [0.29, 0.717) is 10.8 Å². The summed E-state index contributed by atoms with van der Waals surface area (Å²) in [5.74, 6) is 0. The first-order valence-corrected chi connectivity index (χ1v) is 3.86. The lowest BCUT2D eigenvalue weighted by molar-refractivity contribution is 1.26. The van der Waals surface area contributed by atoms with Crippen LogP contribution < -0.4 is 5.73 Å². The second kappa shape index (κ2) is 2.76. The van der Waals surface area contributed by atoms with Crippen LogP contribution in [0.1, 0.15) is 5.56 Å². The molecular weight excluding hydrogens is 215 g/mol. The Balaban J connectivity index is 3.34. The Hall–Kier alpha value is -0.280. The molecular formula is C6H6BrClN2. The van der Waals surface area contributed by atoms with Gasteiger partial charge in [0.25, 0.3) is 0 Å². The van der Waals surface area contributed by atoms with E-state index in [9.17, 15) is 0 Å². The summed E-state index contributed by atoms with van der Waals surface area (Å²) in [5, 5.41) is 0.459. The Morgan fingerprint density at radius 2 is 2.30 bits per heavy atom. The van der Waals surface area contributed by atoms with Gasteiger partial charge in [-0.15, -0.1) is 0 Å². The van der Waals surface area contributed by atoms with E-state index in [1.54, 1.807) is 6.20 Å². The molecule has 0 saturated carbocycles. The van der Waals surface area contributed by atoms with Gasteiger partial charge in [0, 0.05) is 11.8 Å². The van der Waals surface area contributed by atoms with Crippen LogP contribution in [0.15, 0.2) is 10.7 Å². The van der Waals surface area contributed by atoms with Gasteiger partial charge in [0.15, 0.2) is 0 Å². The zero-order chi connectivity index (χ0) is 7.72. The van der Waals surface area contributed by atoms with E-state index in [-0.39, 0.29) is 0 Å². The number of anilines is 1. The SMILES string of the molecule is Cc1c(Cl)ncc(Br)c1N. The molecule has 2 N–H and O–H groups in total. The van der Waals surface area contributed by atoms with E-state index in [2.05, 4.69) is 20.9 Å². The van der Waals surface area contributed by atoms with Crippen molar-refractivity contribution in [2.45, 2.75) is 6.92 Å². The molecule has 4 heteroatoms. The molecule has 0 atom stereocenters. The van der Waals surface area contributed by atoms with Gasteiger partial charge in [-0.25, -0.2) is 4.98 Å². The molecule has 10 heavy (non-hydrogen) atoms. The molecule has 0 radical (unpaired) electrons. The Bertz CT molecular complexity index is 235. The van der Waals surface area contributed by atoms with Crippen LogP contribution in [-0.2, 0) is 0 Å². The minimum atomic E-state index is 0.459. The summed E-state index contributed by atoms with van der Waals surface area (Å²) in [6, 6.07) is 0. The van der Waals surface area contributed by atoms with Crippen molar-refractivity contribution >= 4 is 33.2 Å². The molecule has 1 rings (SSSR count). The Morgan fingerprint density at radius 1 is 1.70 bits per heavy atom. The smallest absolute Gasteiger partial charge is 0.134 e. The second-order valence-corrected chi connectivity index (χ2v) is 3.15. The highest BCUT2D eigenvalue weighted by molar-refractivity contribution is 9.10. The summed E-state index contributed by atoms with van der Waals surface area (Å²) in [6.07, 6.45) is 1.59. The number of hydrogen-bond donors (Lipinski definition) is 1. The van der Waals surface area contributed by atoms with Crippen molar-refractivity contribution in [2.75, 3.05) is 5.73 Å². The van der Waals surface area contributed by atoms with Crippen LogP contribution in [0, 0.1) is 6.92 Å². The molecule has 0 aliphatic carbocycles. The van der Waals surface area contributed by atoms with E-state index in [1.165, 1.54) is 0 Å². The summed E-state index contributed by atoms with van der Waals surface area (Å²) >= 11 is 8.91. The van der Waals surface area contributed by atoms with E-state index < -0.39 is 0 Å². The van der Waals surface area contributed by atoms with Gasteiger partial charge in [0.05, 0.1) is 10.2 Å². The predicted molar refractivity (Wildman–Crippen MR) is 46.1 cm³/mol. The third-order valence-corrected chi connectivity index (χ3v) is 2.27. The van der Waals surface area contributed by atoms with Gasteiger partial charge in [-0.05, 0) is 22.9 Å². The third kappa shape index (κ3) is 1.25. The van der Waals surface area contributed by atoms with Crippen molar-refractivity contribution in [1.82, 2.24) is 4.98 Å². The molecule has 54 valence electrons. The molecule has 1 aromatic rings. The summed E-state index contributed by atoms with van der Waals surface area (Å²) in [7, 11) is 0. The topological polar surface area (TPSA) is 38.9 Å². The van der Waals surface area contributed by atoms with Crippen LogP contribution in [-0.4, -0.2) is 4.98 Å². The number of nitrogens with two attached hydrogens (primary N) is 1. The standard InChI is InChI=1S/C6H6BrClN2/c1-3-5(9)4(7)2-10-6(3)8/h2H,1H3,(H2,9,10). The van der Waals surface area contributed by atoms with Gasteiger partial charge in [0.2, 0.25) is 0 Å². The minimum Gasteiger partial charge on any atom is -0.397 e. The fraction of sp³-hybridized carbons (Fsp3) is 0.167. The van der Waals surface area contributed by atoms with Gasteiger partial charge in [-0.1, -0.05) is 11.6 Å². The lowest BCUT2D eigenvalue weighted by Crippen LogP contribution is -1.93. The maximum absolute atomic E-state index is 5.67. The second-order valence-electron chi connectivity index (χ2n) is 1.94. The van der Waals surface area contributed by atoms with E-state index in [0.717, 1.165) is 10.0 Å². The van der Waals surface area contributed by atoms with Crippen molar-refractivity contribution in [3.05, 3.63) is 21.4 Å². The molecule has 0 amide bonds. The van der Waals surface area contributed by atoms with Gasteiger partial charge >= 0.3 is 0 Å². The molecule has 0 aromatic carbocycles. The Kier molecular flexibility index (Phi) is 2.16. The van der Waals surface area contributed by atoms with Crippen LogP contribution in [0.2, 0.25) is 5.15 Å². The number of rotatable bonds is 0. The highest BCUT2D eigenvalue weighted by Gasteiger charge is 2.02. The normalized spacial score (nSPS) is 9.90. The summed E-state index contributed by atoms with van der Waals surface area (Å²) in [4.78, 5) is 3.88. The van der Waals surface area contributed by atoms with E-state index >= 15 is 0 Å². The number of halogens is 2. The van der Waals surface area contributed by atoms with Crippen molar-refractivity contribution in [3.8, 4) is 0 Å². The molecule has 0 fully saturated rings. The zero-order valence-electron chi connectivity index (χ0n) is 5.36. The number of nitrogens with zero attached hydrogens (tertiary/aromatic N) is 1. The van der Waals surface area contributed by atoms with Crippen LogP contribution in [0.25, 0.3) is 0 Å². The first-order chi connectivity index (χ1) is 4.63. The Labute approximate surface area is 72.5 Å². The highest BCUT2D eigenvalue weighted by atomic mass is 79.9. The first kappa shape index (κ1) is 7.82. The Morgan fingerprint density at radius 3 is 2.80 bits per heavy atom. The first-order valence-electron chi connectivity index (χ1n) is 2.69. The molecule has 2 nitrogen and oxygen atoms in total. The molecule has 1 aromatic heterocycles. The number of nitrogen functional groups attached to an aromatic ring is 1. The van der Waals surface area contributed by atoms with E-state index in [4.69, 9.17) is 17.3 Å². The maximum atomic E-state index is 5.67. The molecule has 0 spiro atoms. The van der Waals surface area contributed by atoms with Gasteiger partial charge in [0.1, 0.15) is 5.15 Å². The van der Waals surface area contributed by atoms with Gasteiger partial charge in [-0.2, -0.15) is 0 Å². The van der Waals surface area contributed by atoms with Crippen molar-refractivity contribution in [1.29, 1.82) is 0 Å². The third-order valence-electron chi connectivity index (χ3n) is 1.26. The number of pyridine rings is 1. The summed E-state index contributed by atoms with van der Waals surface area (Å²) < 4.78 is 0.786. The largest absolute Gasteiger partial charge is 0.397 e. The fourth-order valence-corrected chi connectivity index (χ4v) is 1.12. The van der Waals surface area contributed by atoms with Crippen LogP contribution in [0.5, 0.6) is 0 Å². The molecule has 0 aliphatic heterocycles. The number of aromatic nitrogens is 1. The molecule has 0 bridgehead atoms. The average Bonchev–Trinajstić information content (AvgIpc) is 1.93. The summed E-state index contributed by atoms with van der Waals surface area (Å²) in [5.41, 5.74) is 7.08. The van der Waals surface area contributed by atoms with Crippen LogP contribution in [0.4, 0.5) is 5.69 Å². The quantitative estimate of drug-likeness (QED) is 0.683. The van der Waals surface area contributed by atoms with E-state index in [1.807, 2.05) is 6.92 Å². The average molecular weight is 221 g/mol. The lowest BCUT2D eigenvalue weighted by Gasteiger charge is -2.02. The zero-order valence-corrected chi connectivity index (χ0v) is 7.70. The van der Waals surface area contributed by atoms with Gasteiger partial charge < -0.3 is 5.73 Å². The fourth-order valence-electron chi connectivity index (χ4n) is 0.570. The number of hydrogen-bond acceptors (Lipinski definition) is 2. The lowest BCUT2D eigenvalue weighted by atomic mass is 10.3. The molecule has 0 saturated heterocycles. The minimum absolute atomic E-state index is 0.459. The maximum Gasteiger partial charge on any atom is 0.134 e. The van der Waals surface area contributed by atoms with Crippen molar-refractivity contribution in [3.63, 3.8) is 0 Å². The molecule has 1 heterocycles. The molecule has 0 unspecified atom stereocenters. The predicted octanol–water partition coefficient (Wildman–Crippen LogP) is 2.39. The van der Waals surface area contributed by atoms with Crippen LogP contribution in [0.3, 0.4) is 0 Å². The summed E-state index contributed by atoms with van der Waals surface area (Å²) in [6.45, 7) is 1.83. The van der Waals surface area contributed by atoms with Crippen molar-refractivity contribution < 1.29 is 0 Å². The highest BCUT2D eigenvalue weighted by Crippen LogP contribution is 2.25.